The smallest absolute Gasteiger partial charge is 0.326 e. The number of aliphatic carboxylic acids is 1. The normalized spacial score (nSPS) is 19.8. The SMILES string of the molecule is O=C(O)[C@H]1CCC(=O)N1c1ccc(F)cc1F. The first-order valence-corrected chi connectivity index (χ1v) is 5.00. The number of anilines is 1. The van der Waals surface area contributed by atoms with E-state index in [-0.39, 0.29) is 18.5 Å². The molecule has 2 rings (SSSR count). The molecule has 1 atom stereocenters. The molecule has 1 heterocycles. The molecule has 1 aromatic rings. The van der Waals surface area contributed by atoms with E-state index >= 15 is 0 Å². The van der Waals surface area contributed by atoms with Crippen LogP contribution in [0.2, 0.25) is 0 Å². The largest absolute Gasteiger partial charge is 0.480 e. The van der Waals surface area contributed by atoms with E-state index < -0.39 is 29.6 Å². The molecule has 0 unspecified atom stereocenters. The van der Waals surface area contributed by atoms with Gasteiger partial charge in [0, 0.05) is 12.5 Å². The molecule has 0 spiro atoms. The minimum atomic E-state index is -1.19. The quantitative estimate of drug-likeness (QED) is 0.854. The lowest BCUT2D eigenvalue weighted by Gasteiger charge is -2.22. The van der Waals surface area contributed by atoms with E-state index in [1.165, 1.54) is 0 Å². The van der Waals surface area contributed by atoms with Crippen molar-refractivity contribution in [3.8, 4) is 0 Å². The van der Waals surface area contributed by atoms with Crippen LogP contribution < -0.4 is 4.90 Å². The highest BCUT2D eigenvalue weighted by molar-refractivity contribution is 6.02. The number of rotatable bonds is 2. The number of halogens is 2. The molecule has 0 aromatic heterocycles. The van der Waals surface area contributed by atoms with Gasteiger partial charge in [0.05, 0.1) is 5.69 Å². The lowest BCUT2D eigenvalue weighted by Crippen LogP contribution is -2.39. The third-order valence-electron chi connectivity index (χ3n) is 2.67. The standard InChI is InChI=1S/C11H9F2NO3/c12-6-1-2-8(7(13)5-6)14-9(11(16)17)3-4-10(14)15/h1-2,5,9H,3-4H2,(H,16,17)/t9-/m1/s1. The van der Waals surface area contributed by atoms with Gasteiger partial charge in [-0.3, -0.25) is 9.69 Å². The molecule has 0 saturated carbocycles. The lowest BCUT2D eigenvalue weighted by molar-refractivity contribution is -0.138. The van der Waals surface area contributed by atoms with Crippen LogP contribution in [0.5, 0.6) is 0 Å². The van der Waals surface area contributed by atoms with E-state index in [1.807, 2.05) is 0 Å². The summed E-state index contributed by atoms with van der Waals surface area (Å²) >= 11 is 0. The molecular formula is C11H9F2NO3. The molecule has 1 N–H and O–H groups in total. The van der Waals surface area contributed by atoms with Gasteiger partial charge in [0.25, 0.3) is 0 Å². The molecule has 90 valence electrons. The Labute approximate surface area is 95.5 Å². The predicted octanol–water partition coefficient (Wildman–Crippen LogP) is 1.54. The zero-order valence-corrected chi connectivity index (χ0v) is 8.69. The third-order valence-corrected chi connectivity index (χ3v) is 2.67. The molecule has 0 bridgehead atoms. The Balaban J connectivity index is 2.43. The Hall–Kier alpha value is -1.98. The van der Waals surface area contributed by atoms with Crippen molar-refractivity contribution < 1.29 is 23.5 Å². The Morgan fingerprint density at radius 3 is 2.71 bits per heavy atom. The van der Waals surface area contributed by atoms with Gasteiger partial charge >= 0.3 is 5.97 Å². The Morgan fingerprint density at radius 2 is 2.12 bits per heavy atom. The highest BCUT2D eigenvalue weighted by Gasteiger charge is 2.38. The van der Waals surface area contributed by atoms with E-state index in [1.54, 1.807) is 0 Å². The van der Waals surface area contributed by atoms with E-state index in [2.05, 4.69) is 0 Å². The van der Waals surface area contributed by atoms with E-state index in [9.17, 15) is 18.4 Å². The van der Waals surface area contributed by atoms with Gasteiger partial charge in [-0.25, -0.2) is 13.6 Å². The number of benzene rings is 1. The van der Waals surface area contributed by atoms with Crippen molar-refractivity contribution >= 4 is 17.6 Å². The molecule has 17 heavy (non-hydrogen) atoms. The van der Waals surface area contributed by atoms with Gasteiger partial charge in [0.2, 0.25) is 5.91 Å². The molecule has 1 amide bonds. The second kappa shape index (κ2) is 4.12. The van der Waals surface area contributed by atoms with E-state index in [0.29, 0.717) is 6.07 Å². The van der Waals surface area contributed by atoms with Gasteiger partial charge in [-0.15, -0.1) is 0 Å². The van der Waals surface area contributed by atoms with Gasteiger partial charge in [-0.1, -0.05) is 0 Å². The van der Waals surface area contributed by atoms with Crippen LogP contribution in [0, 0.1) is 11.6 Å². The minimum Gasteiger partial charge on any atom is -0.480 e. The number of carboxylic acids is 1. The average Bonchev–Trinajstić information content (AvgIpc) is 2.60. The Morgan fingerprint density at radius 1 is 1.41 bits per heavy atom. The molecule has 1 saturated heterocycles. The summed E-state index contributed by atoms with van der Waals surface area (Å²) in [7, 11) is 0. The van der Waals surface area contributed by atoms with E-state index in [4.69, 9.17) is 5.11 Å². The van der Waals surface area contributed by atoms with Gasteiger partial charge in [-0.2, -0.15) is 0 Å². The molecule has 4 nitrogen and oxygen atoms in total. The molecule has 1 aliphatic heterocycles. The highest BCUT2D eigenvalue weighted by atomic mass is 19.1. The summed E-state index contributed by atoms with van der Waals surface area (Å²) in [5, 5.41) is 8.92. The maximum Gasteiger partial charge on any atom is 0.326 e. The molecule has 0 aliphatic carbocycles. The summed E-state index contributed by atoms with van der Waals surface area (Å²) in [4.78, 5) is 23.3. The van der Waals surface area contributed by atoms with Crippen molar-refractivity contribution in [2.24, 2.45) is 0 Å². The third kappa shape index (κ3) is 1.98. The maximum atomic E-state index is 13.5. The lowest BCUT2D eigenvalue weighted by atomic mass is 10.2. The van der Waals surface area contributed by atoms with Crippen molar-refractivity contribution in [1.82, 2.24) is 0 Å². The first-order valence-electron chi connectivity index (χ1n) is 5.00. The van der Waals surface area contributed by atoms with Gasteiger partial charge in [0.1, 0.15) is 17.7 Å². The average molecular weight is 241 g/mol. The van der Waals surface area contributed by atoms with Crippen molar-refractivity contribution in [2.45, 2.75) is 18.9 Å². The van der Waals surface area contributed by atoms with Crippen LogP contribution in [0.3, 0.4) is 0 Å². The number of carbonyl (C=O) groups is 2. The summed E-state index contributed by atoms with van der Waals surface area (Å²) < 4.78 is 26.2. The summed E-state index contributed by atoms with van der Waals surface area (Å²) in [6, 6.07) is 1.61. The van der Waals surface area contributed by atoms with Gasteiger partial charge in [-0.05, 0) is 18.6 Å². The first-order chi connectivity index (χ1) is 8.00. The number of hydrogen-bond donors (Lipinski definition) is 1. The summed E-state index contributed by atoms with van der Waals surface area (Å²) in [6.45, 7) is 0. The van der Waals surface area contributed by atoms with Crippen molar-refractivity contribution in [3.05, 3.63) is 29.8 Å². The summed E-state index contributed by atoms with van der Waals surface area (Å²) in [5.74, 6) is -3.38. The van der Waals surface area contributed by atoms with Crippen LogP contribution in [0.25, 0.3) is 0 Å². The fraction of sp³-hybridized carbons (Fsp3) is 0.273. The molecule has 6 heteroatoms. The minimum absolute atomic E-state index is 0.0494. The number of hydrogen-bond acceptors (Lipinski definition) is 2. The predicted molar refractivity (Wildman–Crippen MR) is 54.5 cm³/mol. The van der Waals surface area contributed by atoms with Crippen LogP contribution in [-0.2, 0) is 9.59 Å². The van der Waals surface area contributed by atoms with Crippen LogP contribution in [0.4, 0.5) is 14.5 Å². The monoisotopic (exact) mass is 241 g/mol. The Bertz CT molecular complexity index is 490. The van der Waals surface area contributed by atoms with Crippen LogP contribution in [-0.4, -0.2) is 23.0 Å². The number of carboxylic acid groups (broad SMARTS) is 1. The number of amides is 1. The van der Waals surface area contributed by atoms with Crippen molar-refractivity contribution in [2.75, 3.05) is 4.90 Å². The molecule has 0 radical (unpaired) electrons. The zero-order valence-electron chi connectivity index (χ0n) is 8.69. The zero-order chi connectivity index (χ0) is 12.6. The number of carbonyl (C=O) groups excluding carboxylic acids is 1. The van der Waals surface area contributed by atoms with Crippen LogP contribution >= 0.6 is 0 Å². The fourth-order valence-electron chi connectivity index (χ4n) is 1.90. The van der Waals surface area contributed by atoms with Crippen LogP contribution in [0.1, 0.15) is 12.8 Å². The topological polar surface area (TPSA) is 57.6 Å². The number of nitrogens with zero attached hydrogens (tertiary/aromatic N) is 1. The molecule has 1 aliphatic rings. The second-order valence-electron chi connectivity index (χ2n) is 3.75. The second-order valence-corrected chi connectivity index (χ2v) is 3.75. The van der Waals surface area contributed by atoms with Gasteiger partial charge in [0.15, 0.2) is 0 Å². The fourth-order valence-corrected chi connectivity index (χ4v) is 1.90. The molecule has 1 fully saturated rings. The summed E-state index contributed by atoms with van der Waals surface area (Å²) in [6.07, 6.45) is 0.179. The first kappa shape index (κ1) is 11.5. The highest BCUT2D eigenvalue weighted by Crippen LogP contribution is 2.29. The van der Waals surface area contributed by atoms with E-state index in [0.717, 1.165) is 17.0 Å². The van der Waals surface area contributed by atoms with Crippen LogP contribution in [0.15, 0.2) is 18.2 Å². The summed E-state index contributed by atoms with van der Waals surface area (Å²) in [5.41, 5.74) is -0.193. The Kier molecular flexibility index (Phi) is 2.79. The van der Waals surface area contributed by atoms with Gasteiger partial charge < -0.3 is 5.11 Å². The van der Waals surface area contributed by atoms with Crippen molar-refractivity contribution in [3.63, 3.8) is 0 Å². The maximum absolute atomic E-state index is 13.5. The molecule has 1 aromatic carbocycles. The molecular weight excluding hydrogens is 232 g/mol. The van der Waals surface area contributed by atoms with Crippen molar-refractivity contribution in [1.29, 1.82) is 0 Å².